The van der Waals surface area contributed by atoms with Gasteiger partial charge in [0.15, 0.2) is 0 Å². The maximum absolute atomic E-state index is 13.9. The lowest BCUT2D eigenvalue weighted by molar-refractivity contribution is -0.145. The molecule has 1 saturated carbocycles. The zero-order valence-corrected chi connectivity index (χ0v) is 22.9. The zero-order valence-electron chi connectivity index (χ0n) is 22.9. The summed E-state index contributed by atoms with van der Waals surface area (Å²) >= 11 is 0. The van der Waals surface area contributed by atoms with Crippen LogP contribution >= 0.6 is 0 Å². The fourth-order valence-electron chi connectivity index (χ4n) is 5.39. The van der Waals surface area contributed by atoms with E-state index in [1.54, 1.807) is 24.1 Å². The largest absolute Gasteiger partial charge is 0.497 e. The van der Waals surface area contributed by atoms with Crippen LogP contribution in [0, 0.1) is 5.92 Å². The third-order valence-corrected chi connectivity index (χ3v) is 7.97. The summed E-state index contributed by atoms with van der Waals surface area (Å²) in [6.07, 6.45) is 3.41. The molecule has 0 N–H and O–H groups in total. The second kappa shape index (κ2) is 12.6. The van der Waals surface area contributed by atoms with Crippen LogP contribution in [0.5, 0.6) is 11.5 Å². The Kier molecular flexibility index (Phi) is 8.78. The van der Waals surface area contributed by atoms with Crippen molar-refractivity contribution in [2.24, 2.45) is 11.0 Å². The van der Waals surface area contributed by atoms with E-state index in [4.69, 9.17) is 19.3 Å². The van der Waals surface area contributed by atoms with E-state index in [0.29, 0.717) is 31.9 Å². The van der Waals surface area contributed by atoms with Gasteiger partial charge in [-0.25, -0.2) is 5.01 Å². The molecule has 2 heterocycles. The molecule has 2 aliphatic heterocycles. The summed E-state index contributed by atoms with van der Waals surface area (Å²) in [5.74, 6) is 1.38. The molecule has 2 aromatic rings. The number of morpholine rings is 1. The first-order chi connectivity index (χ1) is 19.1. The highest BCUT2D eigenvalue weighted by molar-refractivity contribution is 6.03. The lowest BCUT2D eigenvalue weighted by Crippen LogP contribution is -2.49. The number of carbonyl (C=O) groups is 2. The van der Waals surface area contributed by atoms with Crippen molar-refractivity contribution in [2.75, 3.05) is 60.2 Å². The number of benzene rings is 2. The van der Waals surface area contributed by atoms with Gasteiger partial charge in [-0.05, 0) is 48.7 Å². The van der Waals surface area contributed by atoms with Crippen molar-refractivity contribution in [3.05, 3.63) is 59.7 Å². The summed E-state index contributed by atoms with van der Waals surface area (Å²) in [6, 6.07) is 15.1. The average molecular weight is 535 g/mol. The average Bonchev–Trinajstić information content (AvgIpc) is 3.40. The van der Waals surface area contributed by atoms with Gasteiger partial charge in [0.05, 0.1) is 39.2 Å². The van der Waals surface area contributed by atoms with Crippen LogP contribution in [0.3, 0.4) is 0 Å². The van der Waals surface area contributed by atoms with Crippen molar-refractivity contribution < 1.29 is 23.8 Å². The molecule has 1 aliphatic carbocycles. The van der Waals surface area contributed by atoms with E-state index >= 15 is 0 Å². The van der Waals surface area contributed by atoms with Crippen molar-refractivity contribution in [1.82, 2.24) is 14.8 Å². The van der Waals surface area contributed by atoms with Crippen LogP contribution in [0.15, 0.2) is 53.6 Å². The number of para-hydroxylation sites is 1. The second-order valence-electron chi connectivity index (χ2n) is 10.3. The highest BCUT2D eigenvalue weighted by Crippen LogP contribution is 2.38. The van der Waals surface area contributed by atoms with E-state index in [0.717, 1.165) is 61.5 Å². The monoisotopic (exact) mass is 534 g/mol. The Morgan fingerprint density at radius 3 is 2.44 bits per heavy atom. The zero-order chi connectivity index (χ0) is 27.2. The molecule has 39 heavy (non-hydrogen) atoms. The summed E-state index contributed by atoms with van der Waals surface area (Å²) in [7, 11) is 3.27. The van der Waals surface area contributed by atoms with E-state index in [1.165, 1.54) is 0 Å². The highest BCUT2D eigenvalue weighted by atomic mass is 16.5. The molecule has 208 valence electrons. The standard InChI is InChI=1S/C30H38N4O5/c1-37-24-12-10-22(11-13-24)26-20-27(25-8-3-4-9-28(25)38-2)34(31-26)29(35)21-33(30(36)23-6-5-7-23)15-14-32-16-18-39-19-17-32/h3-4,8-13,23,27H,5-7,14-21H2,1-2H3/t27-/m1/s1. The molecule has 1 saturated heterocycles. The molecule has 2 fully saturated rings. The van der Waals surface area contributed by atoms with Gasteiger partial charge in [-0.1, -0.05) is 24.6 Å². The number of ether oxygens (including phenoxy) is 3. The molecule has 9 nitrogen and oxygen atoms in total. The van der Waals surface area contributed by atoms with Gasteiger partial charge in [0.1, 0.15) is 18.0 Å². The van der Waals surface area contributed by atoms with Gasteiger partial charge in [0.25, 0.3) is 5.91 Å². The summed E-state index contributed by atoms with van der Waals surface area (Å²) < 4.78 is 16.4. The van der Waals surface area contributed by atoms with Crippen molar-refractivity contribution in [1.29, 1.82) is 0 Å². The number of amides is 2. The minimum atomic E-state index is -0.328. The first-order valence-electron chi connectivity index (χ1n) is 13.8. The molecule has 5 rings (SSSR count). The number of nitrogens with zero attached hydrogens (tertiary/aromatic N) is 4. The topological polar surface area (TPSA) is 83.9 Å². The number of methoxy groups -OCH3 is 2. The molecule has 2 aromatic carbocycles. The molecule has 0 unspecified atom stereocenters. The number of carbonyl (C=O) groups excluding carboxylic acids is 2. The Labute approximate surface area is 230 Å². The lowest BCUT2D eigenvalue weighted by Gasteiger charge is -2.34. The van der Waals surface area contributed by atoms with Crippen LogP contribution in [0.2, 0.25) is 0 Å². The molecule has 0 radical (unpaired) electrons. The van der Waals surface area contributed by atoms with Gasteiger partial charge in [0.2, 0.25) is 5.91 Å². The van der Waals surface area contributed by atoms with E-state index in [9.17, 15) is 9.59 Å². The normalized spacial score (nSPS) is 19.8. The third kappa shape index (κ3) is 6.25. The fraction of sp³-hybridized carbons (Fsp3) is 0.500. The molecule has 0 aromatic heterocycles. The minimum Gasteiger partial charge on any atom is -0.497 e. The third-order valence-electron chi connectivity index (χ3n) is 7.97. The molecule has 0 spiro atoms. The Bertz CT molecular complexity index is 1170. The molecule has 9 heteroatoms. The van der Waals surface area contributed by atoms with Crippen LogP contribution < -0.4 is 9.47 Å². The van der Waals surface area contributed by atoms with Gasteiger partial charge in [0, 0.05) is 44.1 Å². The van der Waals surface area contributed by atoms with Gasteiger partial charge in [-0.3, -0.25) is 14.5 Å². The molecule has 2 amide bonds. The summed E-state index contributed by atoms with van der Waals surface area (Å²) in [5, 5.41) is 6.39. The second-order valence-corrected chi connectivity index (χ2v) is 10.3. The number of hydrogen-bond donors (Lipinski definition) is 0. The highest BCUT2D eigenvalue weighted by Gasteiger charge is 2.37. The summed E-state index contributed by atoms with van der Waals surface area (Å²) in [6.45, 7) is 4.34. The van der Waals surface area contributed by atoms with E-state index in [1.807, 2.05) is 48.5 Å². The van der Waals surface area contributed by atoms with E-state index in [2.05, 4.69) is 4.90 Å². The smallest absolute Gasteiger partial charge is 0.262 e. The van der Waals surface area contributed by atoms with Gasteiger partial charge in [-0.15, -0.1) is 0 Å². The predicted octanol–water partition coefficient (Wildman–Crippen LogP) is 3.34. The van der Waals surface area contributed by atoms with Crippen LogP contribution in [0.4, 0.5) is 0 Å². The van der Waals surface area contributed by atoms with Gasteiger partial charge < -0.3 is 19.1 Å². The van der Waals surface area contributed by atoms with Crippen molar-refractivity contribution >= 4 is 17.5 Å². The summed E-state index contributed by atoms with van der Waals surface area (Å²) in [5.41, 5.74) is 2.64. The van der Waals surface area contributed by atoms with E-state index in [-0.39, 0.29) is 30.3 Å². The Morgan fingerprint density at radius 2 is 1.77 bits per heavy atom. The van der Waals surface area contributed by atoms with Crippen molar-refractivity contribution in [3.8, 4) is 11.5 Å². The van der Waals surface area contributed by atoms with Crippen LogP contribution in [-0.4, -0.2) is 92.5 Å². The number of hydrazone groups is 1. The molecular formula is C30H38N4O5. The number of rotatable bonds is 10. The van der Waals surface area contributed by atoms with E-state index < -0.39 is 0 Å². The molecule has 0 bridgehead atoms. The number of hydrogen-bond acceptors (Lipinski definition) is 7. The Morgan fingerprint density at radius 1 is 1.03 bits per heavy atom. The molecule has 1 atom stereocenters. The first kappa shape index (κ1) is 27.1. The van der Waals surface area contributed by atoms with Gasteiger partial charge in [-0.2, -0.15) is 5.10 Å². The first-order valence-corrected chi connectivity index (χ1v) is 13.8. The molecule has 3 aliphatic rings. The SMILES string of the molecule is COc1ccc(C2=NN(C(=O)CN(CCN3CCOCC3)C(=O)C3CCC3)[C@@H](c3ccccc3OC)C2)cc1. The van der Waals surface area contributed by atoms with Crippen molar-refractivity contribution in [2.45, 2.75) is 31.7 Å². The van der Waals surface area contributed by atoms with Crippen LogP contribution in [-0.2, 0) is 14.3 Å². The quantitative estimate of drug-likeness (QED) is 0.465. The van der Waals surface area contributed by atoms with Crippen LogP contribution in [0.1, 0.15) is 42.9 Å². The Hall–Kier alpha value is -3.43. The van der Waals surface area contributed by atoms with Crippen molar-refractivity contribution in [3.63, 3.8) is 0 Å². The van der Waals surface area contributed by atoms with Gasteiger partial charge >= 0.3 is 0 Å². The maximum Gasteiger partial charge on any atom is 0.262 e. The predicted molar refractivity (Wildman–Crippen MR) is 148 cm³/mol. The molecular weight excluding hydrogens is 496 g/mol. The van der Waals surface area contributed by atoms with Crippen LogP contribution in [0.25, 0.3) is 0 Å². The summed E-state index contributed by atoms with van der Waals surface area (Å²) in [4.78, 5) is 31.4. The Balaban J connectivity index is 1.39. The fourth-order valence-corrected chi connectivity index (χ4v) is 5.39. The maximum atomic E-state index is 13.9. The lowest BCUT2D eigenvalue weighted by atomic mass is 9.84. The minimum absolute atomic E-state index is 0.00468.